The molecule has 2 aliphatic rings. The van der Waals surface area contributed by atoms with Gasteiger partial charge in [-0.25, -0.2) is 0 Å². The van der Waals surface area contributed by atoms with Gasteiger partial charge in [-0.1, -0.05) is 19.3 Å². The summed E-state index contributed by atoms with van der Waals surface area (Å²) in [5.74, 6) is 0.672. The molecule has 4 heteroatoms. The molecule has 19 heavy (non-hydrogen) atoms. The van der Waals surface area contributed by atoms with Gasteiger partial charge in [0.1, 0.15) is 0 Å². The fraction of sp³-hybridized carbons (Fsp3) is 0.933. The van der Waals surface area contributed by atoms with E-state index in [9.17, 15) is 15.0 Å². The lowest BCUT2D eigenvalue weighted by molar-refractivity contribution is -0.141. The number of methoxy groups -OCH3 is 1. The van der Waals surface area contributed by atoms with Gasteiger partial charge < -0.3 is 14.9 Å². The van der Waals surface area contributed by atoms with E-state index in [4.69, 9.17) is 4.74 Å². The Morgan fingerprint density at radius 1 is 1.11 bits per heavy atom. The summed E-state index contributed by atoms with van der Waals surface area (Å²) in [5.41, 5.74) is 0. The Bertz CT molecular complexity index is 295. The number of hydrogen-bond donors (Lipinski definition) is 2. The van der Waals surface area contributed by atoms with Crippen LogP contribution in [0.1, 0.15) is 51.4 Å². The van der Waals surface area contributed by atoms with E-state index in [1.54, 1.807) is 0 Å². The second-order valence-electron chi connectivity index (χ2n) is 6.11. The second kappa shape index (κ2) is 6.71. The molecule has 0 spiro atoms. The summed E-state index contributed by atoms with van der Waals surface area (Å²) in [6.07, 6.45) is 6.54. The van der Waals surface area contributed by atoms with Gasteiger partial charge in [-0.2, -0.15) is 0 Å². The van der Waals surface area contributed by atoms with Crippen molar-refractivity contribution >= 4 is 5.97 Å². The molecule has 110 valence electrons. The van der Waals surface area contributed by atoms with Crippen molar-refractivity contribution in [2.75, 3.05) is 7.11 Å². The monoisotopic (exact) mass is 270 g/mol. The number of aliphatic hydroxyl groups excluding tert-OH is 2. The van der Waals surface area contributed by atoms with Gasteiger partial charge in [-0.05, 0) is 37.5 Å². The summed E-state index contributed by atoms with van der Waals surface area (Å²) in [7, 11) is 1.42. The van der Waals surface area contributed by atoms with Crippen LogP contribution in [0.25, 0.3) is 0 Å². The van der Waals surface area contributed by atoms with Crippen molar-refractivity contribution in [2.24, 2.45) is 17.8 Å². The maximum atomic E-state index is 11.3. The highest BCUT2D eigenvalue weighted by Gasteiger charge is 2.42. The van der Waals surface area contributed by atoms with Crippen molar-refractivity contribution < 1.29 is 19.7 Å². The molecule has 0 radical (unpaired) electrons. The van der Waals surface area contributed by atoms with Crippen LogP contribution in [0.4, 0.5) is 0 Å². The molecule has 2 rings (SSSR count). The maximum Gasteiger partial charge on any atom is 0.305 e. The summed E-state index contributed by atoms with van der Waals surface area (Å²) >= 11 is 0. The van der Waals surface area contributed by atoms with Gasteiger partial charge in [-0.3, -0.25) is 4.79 Å². The van der Waals surface area contributed by atoms with Crippen LogP contribution in [-0.2, 0) is 9.53 Å². The van der Waals surface area contributed by atoms with Crippen molar-refractivity contribution in [3.8, 4) is 0 Å². The molecule has 0 aromatic carbocycles. The molecule has 4 nitrogen and oxygen atoms in total. The zero-order valence-electron chi connectivity index (χ0n) is 11.8. The van der Waals surface area contributed by atoms with Crippen molar-refractivity contribution in [1.82, 2.24) is 0 Å². The largest absolute Gasteiger partial charge is 0.469 e. The molecule has 2 saturated carbocycles. The molecule has 0 aliphatic heterocycles. The predicted molar refractivity (Wildman–Crippen MR) is 71.4 cm³/mol. The maximum absolute atomic E-state index is 11.3. The zero-order chi connectivity index (χ0) is 13.8. The highest BCUT2D eigenvalue weighted by atomic mass is 16.5. The van der Waals surface area contributed by atoms with Crippen LogP contribution in [0.5, 0.6) is 0 Å². The van der Waals surface area contributed by atoms with Crippen LogP contribution in [0.3, 0.4) is 0 Å². The van der Waals surface area contributed by atoms with Crippen molar-refractivity contribution in [3.63, 3.8) is 0 Å². The van der Waals surface area contributed by atoms with Crippen LogP contribution in [0, 0.1) is 17.8 Å². The van der Waals surface area contributed by atoms with Crippen LogP contribution < -0.4 is 0 Å². The number of ether oxygens (including phenoxy) is 1. The van der Waals surface area contributed by atoms with E-state index >= 15 is 0 Å². The Hall–Kier alpha value is -0.610. The lowest BCUT2D eigenvalue weighted by Crippen LogP contribution is -2.37. The van der Waals surface area contributed by atoms with Crippen LogP contribution in [-0.4, -0.2) is 35.5 Å². The van der Waals surface area contributed by atoms with Gasteiger partial charge in [-0.15, -0.1) is 0 Å². The normalized spacial score (nSPS) is 39.2. The first-order valence-electron chi connectivity index (χ1n) is 7.56. The zero-order valence-corrected chi connectivity index (χ0v) is 11.8. The fourth-order valence-corrected chi connectivity index (χ4v) is 4.06. The van der Waals surface area contributed by atoms with E-state index in [2.05, 4.69) is 0 Å². The Balaban J connectivity index is 1.97. The molecule has 4 unspecified atom stereocenters. The Morgan fingerprint density at radius 2 is 1.74 bits per heavy atom. The van der Waals surface area contributed by atoms with Gasteiger partial charge in [0.25, 0.3) is 0 Å². The molecule has 2 N–H and O–H groups in total. The van der Waals surface area contributed by atoms with E-state index in [1.165, 1.54) is 20.0 Å². The lowest BCUT2D eigenvalue weighted by atomic mass is 9.69. The third-order valence-corrected chi connectivity index (χ3v) is 5.06. The number of rotatable bonds is 4. The van der Waals surface area contributed by atoms with Crippen LogP contribution >= 0.6 is 0 Å². The minimum absolute atomic E-state index is 0.0166. The van der Waals surface area contributed by atoms with Gasteiger partial charge in [0.15, 0.2) is 0 Å². The first-order valence-corrected chi connectivity index (χ1v) is 7.56. The highest BCUT2D eigenvalue weighted by molar-refractivity contribution is 5.69. The molecule has 0 amide bonds. The number of esters is 1. The SMILES string of the molecule is COC(=O)CCC1CCCCC1C1C(O)CCC1O. The average Bonchev–Trinajstić information content (AvgIpc) is 2.76. The van der Waals surface area contributed by atoms with E-state index in [0.717, 1.165) is 19.3 Å². The molecular weight excluding hydrogens is 244 g/mol. The Kier molecular flexibility index (Phi) is 5.22. The second-order valence-corrected chi connectivity index (χ2v) is 6.11. The molecular formula is C15H26O4. The minimum Gasteiger partial charge on any atom is -0.469 e. The highest BCUT2D eigenvalue weighted by Crippen LogP contribution is 2.44. The van der Waals surface area contributed by atoms with Gasteiger partial charge in [0, 0.05) is 12.3 Å². The van der Waals surface area contributed by atoms with E-state index in [1.807, 2.05) is 0 Å². The number of carbonyl (C=O) groups is 1. The first kappa shape index (κ1) is 14.8. The summed E-state index contributed by atoms with van der Waals surface area (Å²) < 4.78 is 4.71. The minimum atomic E-state index is -0.362. The molecule has 0 saturated heterocycles. The Labute approximate surface area is 115 Å². The third kappa shape index (κ3) is 3.48. The molecule has 0 aromatic heterocycles. The van der Waals surface area contributed by atoms with Gasteiger partial charge >= 0.3 is 5.97 Å². The molecule has 4 atom stereocenters. The topological polar surface area (TPSA) is 66.8 Å². The summed E-state index contributed by atoms with van der Waals surface area (Å²) in [6, 6.07) is 0. The molecule has 0 heterocycles. The Morgan fingerprint density at radius 3 is 2.37 bits per heavy atom. The van der Waals surface area contributed by atoms with Gasteiger partial charge in [0.05, 0.1) is 19.3 Å². The quantitative estimate of drug-likeness (QED) is 0.765. The average molecular weight is 270 g/mol. The van der Waals surface area contributed by atoms with Crippen molar-refractivity contribution in [1.29, 1.82) is 0 Å². The first-order chi connectivity index (χ1) is 9.13. The van der Waals surface area contributed by atoms with E-state index < -0.39 is 0 Å². The standard InChI is InChI=1S/C15H26O4/c1-19-14(18)9-6-10-4-2-3-5-11(10)15-12(16)7-8-13(15)17/h10-13,15-17H,2-9H2,1H3. The number of hydrogen-bond acceptors (Lipinski definition) is 4. The van der Waals surface area contributed by atoms with Gasteiger partial charge in [0.2, 0.25) is 0 Å². The smallest absolute Gasteiger partial charge is 0.305 e. The number of carbonyl (C=O) groups excluding carboxylic acids is 1. The van der Waals surface area contributed by atoms with E-state index in [-0.39, 0.29) is 24.1 Å². The molecule has 2 aliphatic carbocycles. The van der Waals surface area contributed by atoms with Crippen molar-refractivity contribution in [2.45, 2.75) is 63.6 Å². The molecule has 2 fully saturated rings. The van der Waals surface area contributed by atoms with Crippen molar-refractivity contribution in [3.05, 3.63) is 0 Å². The summed E-state index contributed by atoms with van der Waals surface area (Å²) in [6.45, 7) is 0. The lowest BCUT2D eigenvalue weighted by Gasteiger charge is -2.38. The predicted octanol–water partition coefficient (Wildman–Crippen LogP) is 1.88. The fourth-order valence-electron chi connectivity index (χ4n) is 4.06. The summed E-state index contributed by atoms with van der Waals surface area (Å²) in [4.78, 5) is 11.3. The summed E-state index contributed by atoms with van der Waals surface area (Å²) in [5, 5.41) is 20.2. The van der Waals surface area contributed by atoms with Crippen LogP contribution in [0.2, 0.25) is 0 Å². The molecule has 0 aromatic rings. The number of aliphatic hydroxyl groups is 2. The third-order valence-electron chi connectivity index (χ3n) is 5.06. The molecule has 0 bridgehead atoms. The van der Waals surface area contributed by atoms with E-state index in [0.29, 0.717) is 31.1 Å². The van der Waals surface area contributed by atoms with Crippen LogP contribution in [0.15, 0.2) is 0 Å².